The number of unbranched alkanes of at least 4 members (excludes halogenated alkanes) is 1. The smallest absolute Gasteiger partial charge is 0.146 e. The summed E-state index contributed by atoms with van der Waals surface area (Å²) in [5.41, 5.74) is 4.10. The number of fused-ring (bicyclic) bond motifs is 1. The van der Waals surface area contributed by atoms with Crippen LogP contribution in [0.3, 0.4) is 0 Å². The van der Waals surface area contributed by atoms with Gasteiger partial charge < -0.3 is 0 Å². The number of hydrogen-bond acceptors (Lipinski definition) is 0. The summed E-state index contributed by atoms with van der Waals surface area (Å²) >= 11 is 0. The first-order valence-electron chi connectivity index (χ1n) is 12.0. The van der Waals surface area contributed by atoms with Crippen LogP contribution in [0.4, 0.5) is 4.39 Å². The molecule has 0 nitrogen and oxygen atoms in total. The van der Waals surface area contributed by atoms with Crippen molar-refractivity contribution < 1.29 is 4.39 Å². The van der Waals surface area contributed by atoms with Gasteiger partial charge in [0.15, 0.2) is 0 Å². The van der Waals surface area contributed by atoms with E-state index in [2.05, 4.69) is 50.0 Å². The van der Waals surface area contributed by atoms with Gasteiger partial charge in [0.05, 0.1) is 5.56 Å². The Balaban J connectivity index is 1.52. The Labute approximate surface area is 186 Å². The van der Waals surface area contributed by atoms with Crippen LogP contribution < -0.4 is 0 Å². The summed E-state index contributed by atoms with van der Waals surface area (Å²) in [5.74, 6) is 7.49. The number of benzene rings is 3. The maximum absolute atomic E-state index is 15.1. The zero-order valence-corrected chi connectivity index (χ0v) is 18.9. The quantitative estimate of drug-likeness (QED) is 0.369. The van der Waals surface area contributed by atoms with Crippen molar-refractivity contribution >= 4 is 10.8 Å². The lowest BCUT2D eigenvalue weighted by atomic mass is 9.77. The fourth-order valence-electron chi connectivity index (χ4n) is 4.84. The second kappa shape index (κ2) is 10.1. The van der Waals surface area contributed by atoms with E-state index < -0.39 is 0 Å². The predicted octanol–water partition coefficient (Wildman–Crippen LogP) is 8.41. The predicted molar refractivity (Wildman–Crippen MR) is 130 cm³/mol. The standard InChI is InChI=1S/C30H33F/c1-3-5-6-23-7-9-24(10-8-23)13-16-26-17-18-28-21-27(19-20-29(28)30(26)31)25-14-11-22(4-2)12-15-25/h7-10,17-22,25H,3-6,11-12,14-15H2,1-2H3. The van der Waals surface area contributed by atoms with E-state index in [4.69, 9.17) is 0 Å². The van der Waals surface area contributed by atoms with Gasteiger partial charge in [-0.3, -0.25) is 0 Å². The monoisotopic (exact) mass is 412 g/mol. The average Bonchev–Trinajstić information content (AvgIpc) is 2.83. The maximum atomic E-state index is 15.1. The maximum Gasteiger partial charge on any atom is 0.146 e. The third-order valence-corrected chi connectivity index (χ3v) is 6.99. The van der Waals surface area contributed by atoms with E-state index in [1.807, 2.05) is 30.3 Å². The summed E-state index contributed by atoms with van der Waals surface area (Å²) in [6.45, 7) is 4.50. The van der Waals surface area contributed by atoms with Gasteiger partial charge in [0.2, 0.25) is 0 Å². The molecule has 0 aliphatic heterocycles. The highest BCUT2D eigenvalue weighted by atomic mass is 19.1. The fraction of sp³-hybridized carbons (Fsp3) is 0.400. The minimum atomic E-state index is -0.203. The van der Waals surface area contributed by atoms with Crippen molar-refractivity contribution in [3.05, 3.63) is 82.7 Å². The van der Waals surface area contributed by atoms with Crippen molar-refractivity contribution in [1.82, 2.24) is 0 Å². The van der Waals surface area contributed by atoms with Gasteiger partial charge in [-0.05, 0) is 85.1 Å². The molecule has 0 N–H and O–H groups in total. The molecule has 31 heavy (non-hydrogen) atoms. The molecule has 1 fully saturated rings. The lowest BCUT2D eigenvalue weighted by Crippen LogP contribution is -2.12. The van der Waals surface area contributed by atoms with Gasteiger partial charge in [0, 0.05) is 10.9 Å². The van der Waals surface area contributed by atoms with Gasteiger partial charge in [-0.15, -0.1) is 0 Å². The normalized spacial score (nSPS) is 18.5. The van der Waals surface area contributed by atoms with Crippen LogP contribution in [0, 0.1) is 23.6 Å². The highest BCUT2D eigenvalue weighted by molar-refractivity contribution is 5.85. The van der Waals surface area contributed by atoms with E-state index in [-0.39, 0.29) is 5.82 Å². The first kappa shape index (κ1) is 21.6. The van der Waals surface area contributed by atoms with Crippen molar-refractivity contribution in [3.8, 4) is 11.8 Å². The number of aryl methyl sites for hydroxylation is 1. The third-order valence-electron chi connectivity index (χ3n) is 6.99. The van der Waals surface area contributed by atoms with E-state index >= 15 is 4.39 Å². The number of rotatable bonds is 5. The van der Waals surface area contributed by atoms with Crippen LogP contribution in [0.15, 0.2) is 54.6 Å². The molecule has 1 aliphatic rings. The van der Waals surface area contributed by atoms with E-state index in [0.717, 1.165) is 23.3 Å². The van der Waals surface area contributed by atoms with Crippen molar-refractivity contribution in [1.29, 1.82) is 0 Å². The van der Waals surface area contributed by atoms with Crippen LogP contribution in [-0.4, -0.2) is 0 Å². The van der Waals surface area contributed by atoms with Crippen molar-refractivity contribution in [2.24, 2.45) is 5.92 Å². The van der Waals surface area contributed by atoms with Gasteiger partial charge in [0.1, 0.15) is 5.82 Å². The molecule has 0 amide bonds. The van der Waals surface area contributed by atoms with Crippen LogP contribution in [-0.2, 0) is 6.42 Å². The van der Waals surface area contributed by atoms with Gasteiger partial charge in [-0.1, -0.05) is 74.9 Å². The Morgan fingerprint density at radius 3 is 2.35 bits per heavy atom. The van der Waals surface area contributed by atoms with Gasteiger partial charge in [-0.25, -0.2) is 4.39 Å². The second-order valence-electron chi connectivity index (χ2n) is 9.08. The molecular weight excluding hydrogens is 379 g/mol. The summed E-state index contributed by atoms with van der Waals surface area (Å²) in [6, 6.07) is 18.5. The van der Waals surface area contributed by atoms with Crippen LogP contribution in [0.2, 0.25) is 0 Å². The molecule has 3 aromatic rings. The van der Waals surface area contributed by atoms with Crippen LogP contribution >= 0.6 is 0 Å². The highest BCUT2D eigenvalue weighted by Crippen LogP contribution is 2.38. The summed E-state index contributed by atoms with van der Waals surface area (Å²) in [5, 5.41) is 1.66. The zero-order chi connectivity index (χ0) is 21.6. The topological polar surface area (TPSA) is 0 Å². The first-order valence-corrected chi connectivity index (χ1v) is 12.0. The molecule has 0 radical (unpaired) electrons. The fourth-order valence-corrected chi connectivity index (χ4v) is 4.84. The minimum Gasteiger partial charge on any atom is -0.205 e. The molecule has 4 rings (SSSR count). The summed E-state index contributed by atoms with van der Waals surface area (Å²) < 4.78 is 15.1. The molecule has 3 aromatic carbocycles. The molecule has 1 aliphatic carbocycles. The minimum absolute atomic E-state index is 0.203. The van der Waals surface area contributed by atoms with Gasteiger partial charge in [-0.2, -0.15) is 0 Å². The molecule has 0 saturated heterocycles. The summed E-state index contributed by atoms with van der Waals surface area (Å²) in [4.78, 5) is 0. The van der Waals surface area contributed by atoms with E-state index in [9.17, 15) is 0 Å². The third kappa shape index (κ3) is 5.19. The van der Waals surface area contributed by atoms with Crippen LogP contribution in [0.5, 0.6) is 0 Å². The summed E-state index contributed by atoms with van der Waals surface area (Å²) in [7, 11) is 0. The molecule has 160 valence electrons. The number of hydrogen-bond donors (Lipinski definition) is 0. The van der Waals surface area contributed by atoms with Crippen molar-refractivity contribution in [2.75, 3.05) is 0 Å². The summed E-state index contributed by atoms with van der Waals surface area (Å²) in [6.07, 6.45) is 9.96. The molecule has 1 saturated carbocycles. The molecule has 0 spiro atoms. The number of halogens is 1. The Morgan fingerprint density at radius 2 is 1.65 bits per heavy atom. The van der Waals surface area contributed by atoms with Crippen molar-refractivity contribution in [2.45, 2.75) is 71.1 Å². The molecule has 0 heterocycles. The Hall–Kier alpha value is -2.59. The van der Waals surface area contributed by atoms with Crippen molar-refractivity contribution in [3.63, 3.8) is 0 Å². The molecule has 0 unspecified atom stereocenters. The Bertz CT molecular complexity index is 1070. The van der Waals surface area contributed by atoms with E-state index in [1.165, 1.54) is 56.1 Å². The average molecular weight is 413 g/mol. The lowest BCUT2D eigenvalue weighted by Gasteiger charge is -2.28. The Morgan fingerprint density at radius 1 is 0.871 bits per heavy atom. The second-order valence-corrected chi connectivity index (χ2v) is 9.08. The molecule has 0 bridgehead atoms. The van der Waals surface area contributed by atoms with Gasteiger partial charge in [0.25, 0.3) is 0 Å². The van der Waals surface area contributed by atoms with Crippen LogP contribution in [0.1, 0.15) is 87.0 Å². The zero-order valence-electron chi connectivity index (χ0n) is 18.9. The van der Waals surface area contributed by atoms with E-state index in [0.29, 0.717) is 16.9 Å². The van der Waals surface area contributed by atoms with E-state index in [1.54, 1.807) is 0 Å². The lowest BCUT2D eigenvalue weighted by molar-refractivity contribution is 0.319. The Kier molecular flexibility index (Phi) is 7.08. The highest BCUT2D eigenvalue weighted by Gasteiger charge is 2.21. The van der Waals surface area contributed by atoms with Crippen LogP contribution in [0.25, 0.3) is 10.8 Å². The molecule has 1 heteroatoms. The first-order chi connectivity index (χ1) is 15.2. The SMILES string of the molecule is CCCCc1ccc(C#Cc2ccc3cc(C4CCC(CC)CC4)ccc3c2F)cc1. The molecule has 0 atom stereocenters. The van der Waals surface area contributed by atoms with Gasteiger partial charge >= 0.3 is 0 Å². The molecular formula is C30H33F. The largest absolute Gasteiger partial charge is 0.205 e. The molecule has 0 aromatic heterocycles.